The molecule has 2 N–H and O–H groups in total. The number of nitrogens with zero attached hydrogens (tertiary/aromatic N) is 1. The number of thioether (sulfide) groups is 1. The molecule has 0 amide bonds. The van der Waals surface area contributed by atoms with E-state index < -0.39 is 0 Å². The summed E-state index contributed by atoms with van der Waals surface area (Å²) in [7, 11) is 0. The Morgan fingerprint density at radius 2 is 1.83 bits per heavy atom. The Morgan fingerprint density at radius 1 is 1.33 bits per heavy atom. The second-order valence-corrected chi connectivity index (χ2v) is 4.56. The van der Waals surface area contributed by atoms with Gasteiger partial charge in [-0.05, 0) is 55.8 Å². The third-order valence-corrected chi connectivity index (χ3v) is 3.09. The molecule has 0 bridgehead atoms. The van der Waals surface area contributed by atoms with Crippen molar-refractivity contribution in [2.45, 2.75) is 4.90 Å². The minimum atomic E-state index is 0.650. The van der Waals surface area contributed by atoms with Crippen LogP contribution in [0.25, 0.3) is 0 Å². The number of benzene rings is 1. The molecule has 0 spiro atoms. The summed E-state index contributed by atoms with van der Waals surface area (Å²) < 4.78 is 1.60. The first kappa shape index (κ1) is 9.90. The van der Waals surface area contributed by atoms with E-state index >= 15 is 0 Å². The summed E-state index contributed by atoms with van der Waals surface area (Å²) in [6, 6.07) is 3.63. The minimum absolute atomic E-state index is 0.650. The SMILES string of the molecule is N#CSc1cc(Br)c(N)c(Br)c1. The van der Waals surface area contributed by atoms with Crippen LogP contribution in [-0.4, -0.2) is 0 Å². The number of nitriles is 1. The van der Waals surface area contributed by atoms with Crippen molar-refractivity contribution >= 4 is 49.3 Å². The summed E-state index contributed by atoms with van der Waals surface area (Å²) in [5, 5.41) is 10.4. The lowest BCUT2D eigenvalue weighted by Crippen LogP contribution is -1.88. The Morgan fingerprint density at radius 3 is 2.25 bits per heavy atom. The van der Waals surface area contributed by atoms with E-state index in [1.54, 1.807) is 0 Å². The number of nitrogen functional groups attached to an aromatic ring is 1. The smallest absolute Gasteiger partial charge is 0.138 e. The molecule has 0 aliphatic heterocycles. The molecule has 0 heterocycles. The summed E-state index contributed by atoms with van der Waals surface area (Å²) in [6.45, 7) is 0. The van der Waals surface area contributed by atoms with Gasteiger partial charge in [0.25, 0.3) is 0 Å². The zero-order chi connectivity index (χ0) is 9.14. The van der Waals surface area contributed by atoms with E-state index in [2.05, 4.69) is 31.9 Å². The molecule has 0 unspecified atom stereocenters. The quantitative estimate of drug-likeness (QED) is 0.491. The topological polar surface area (TPSA) is 49.8 Å². The Balaban J connectivity index is 3.14. The molecule has 0 aromatic heterocycles. The molecule has 0 aliphatic carbocycles. The van der Waals surface area contributed by atoms with Crippen molar-refractivity contribution < 1.29 is 0 Å². The number of halogens is 2. The normalized spacial score (nSPS) is 9.42. The van der Waals surface area contributed by atoms with E-state index in [9.17, 15) is 0 Å². The molecule has 1 aromatic rings. The molecule has 0 fully saturated rings. The van der Waals surface area contributed by atoms with Crippen molar-refractivity contribution in [2.75, 3.05) is 5.73 Å². The van der Waals surface area contributed by atoms with Crippen LogP contribution >= 0.6 is 43.6 Å². The molecular formula is C7H4Br2N2S. The van der Waals surface area contributed by atoms with Crippen LogP contribution in [0, 0.1) is 10.7 Å². The van der Waals surface area contributed by atoms with Crippen LogP contribution in [0.5, 0.6) is 0 Å². The van der Waals surface area contributed by atoms with E-state index in [-0.39, 0.29) is 0 Å². The van der Waals surface area contributed by atoms with Gasteiger partial charge >= 0.3 is 0 Å². The molecular weight excluding hydrogens is 304 g/mol. The Labute approximate surface area is 91.4 Å². The zero-order valence-electron chi connectivity index (χ0n) is 5.84. The largest absolute Gasteiger partial charge is 0.397 e. The number of hydrogen-bond acceptors (Lipinski definition) is 3. The predicted molar refractivity (Wildman–Crippen MR) is 57.7 cm³/mol. The second kappa shape index (κ2) is 4.17. The number of anilines is 1. The van der Waals surface area contributed by atoms with Gasteiger partial charge in [-0.1, -0.05) is 0 Å². The summed E-state index contributed by atoms with van der Waals surface area (Å²) >= 11 is 7.68. The van der Waals surface area contributed by atoms with Gasteiger partial charge in [0, 0.05) is 13.8 Å². The Kier molecular flexibility index (Phi) is 3.44. The van der Waals surface area contributed by atoms with Crippen molar-refractivity contribution in [1.29, 1.82) is 5.26 Å². The van der Waals surface area contributed by atoms with Gasteiger partial charge in [0.1, 0.15) is 5.40 Å². The lowest BCUT2D eigenvalue weighted by Gasteiger charge is -2.02. The first-order valence-electron chi connectivity index (χ1n) is 2.95. The van der Waals surface area contributed by atoms with Crippen LogP contribution < -0.4 is 5.73 Å². The molecule has 0 saturated carbocycles. The summed E-state index contributed by atoms with van der Waals surface area (Å²) in [4.78, 5) is 0.866. The third kappa shape index (κ3) is 2.16. The van der Waals surface area contributed by atoms with E-state index in [0.29, 0.717) is 5.69 Å². The Bertz CT molecular complexity index is 323. The highest BCUT2D eigenvalue weighted by atomic mass is 79.9. The van der Waals surface area contributed by atoms with Crippen LogP contribution in [0.15, 0.2) is 26.0 Å². The first-order valence-corrected chi connectivity index (χ1v) is 5.36. The molecule has 0 aliphatic rings. The van der Waals surface area contributed by atoms with Gasteiger partial charge in [0.15, 0.2) is 0 Å². The molecule has 1 aromatic carbocycles. The van der Waals surface area contributed by atoms with Crippen molar-refractivity contribution in [3.05, 3.63) is 21.1 Å². The van der Waals surface area contributed by atoms with Gasteiger partial charge < -0.3 is 5.73 Å². The van der Waals surface area contributed by atoms with Gasteiger partial charge in [-0.3, -0.25) is 0 Å². The first-order chi connectivity index (χ1) is 5.65. The van der Waals surface area contributed by atoms with Crippen LogP contribution in [0.1, 0.15) is 0 Å². The molecule has 12 heavy (non-hydrogen) atoms. The maximum Gasteiger partial charge on any atom is 0.138 e. The lowest BCUT2D eigenvalue weighted by atomic mass is 10.3. The van der Waals surface area contributed by atoms with E-state index in [1.807, 2.05) is 17.5 Å². The van der Waals surface area contributed by atoms with Crippen molar-refractivity contribution in [3.63, 3.8) is 0 Å². The molecule has 0 atom stereocenters. The van der Waals surface area contributed by atoms with Gasteiger partial charge in [0.2, 0.25) is 0 Å². The highest BCUT2D eigenvalue weighted by Gasteiger charge is 2.03. The summed E-state index contributed by atoms with van der Waals surface area (Å²) in [5.74, 6) is 0. The van der Waals surface area contributed by atoms with E-state index in [1.165, 1.54) is 0 Å². The minimum Gasteiger partial charge on any atom is -0.397 e. The highest BCUT2D eigenvalue weighted by Crippen LogP contribution is 2.33. The number of thiocyanates is 1. The lowest BCUT2D eigenvalue weighted by molar-refractivity contribution is 1.41. The molecule has 0 radical (unpaired) electrons. The van der Waals surface area contributed by atoms with Gasteiger partial charge in [-0.2, -0.15) is 5.26 Å². The molecule has 1 rings (SSSR count). The molecule has 62 valence electrons. The number of nitrogens with two attached hydrogens (primary N) is 1. The van der Waals surface area contributed by atoms with Crippen molar-refractivity contribution in [1.82, 2.24) is 0 Å². The van der Waals surface area contributed by atoms with Crippen LogP contribution in [0.3, 0.4) is 0 Å². The monoisotopic (exact) mass is 306 g/mol. The van der Waals surface area contributed by atoms with E-state index in [0.717, 1.165) is 25.6 Å². The predicted octanol–water partition coefficient (Wildman–Crippen LogP) is 3.37. The number of rotatable bonds is 1. The fraction of sp³-hybridized carbons (Fsp3) is 0. The fourth-order valence-corrected chi connectivity index (χ4v) is 2.62. The molecule has 5 heteroatoms. The van der Waals surface area contributed by atoms with Gasteiger partial charge in [-0.25, -0.2) is 0 Å². The average molecular weight is 308 g/mol. The molecule has 0 saturated heterocycles. The summed E-state index contributed by atoms with van der Waals surface area (Å²) in [5.41, 5.74) is 6.31. The fourth-order valence-electron chi connectivity index (χ4n) is 0.673. The van der Waals surface area contributed by atoms with Crippen LogP contribution in [-0.2, 0) is 0 Å². The third-order valence-electron chi connectivity index (χ3n) is 1.22. The van der Waals surface area contributed by atoms with Crippen LogP contribution in [0.2, 0.25) is 0 Å². The standard InChI is InChI=1S/C7H4Br2N2S/c8-5-1-4(12-3-10)2-6(9)7(5)11/h1-2H,11H2. The highest BCUT2D eigenvalue weighted by molar-refractivity contribution is 9.11. The summed E-state index contributed by atoms with van der Waals surface area (Å²) in [6.07, 6.45) is 0. The second-order valence-electron chi connectivity index (χ2n) is 1.99. The average Bonchev–Trinajstić information content (AvgIpc) is 2.01. The van der Waals surface area contributed by atoms with E-state index in [4.69, 9.17) is 11.0 Å². The maximum atomic E-state index is 8.42. The Hall–Kier alpha value is -0.180. The van der Waals surface area contributed by atoms with Gasteiger partial charge in [-0.15, -0.1) is 0 Å². The van der Waals surface area contributed by atoms with Crippen molar-refractivity contribution in [3.8, 4) is 5.40 Å². The number of hydrogen-bond donors (Lipinski definition) is 1. The maximum absolute atomic E-state index is 8.42. The van der Waals surface area contributed by atoms with Crippen LogP contribution in [0.4, 0.5) is 5.69 Å². The zero-order valence-corrected chi connectivity index (χ0v) is 9.83. The molecule has 2 nitrogen and oxygen atoms in total. The van der Waals surface area contributed by atoms with Gasteiger partial charge in [0.05, 0.1) is 5.69 Å². The van der Waals surface area contributed by atoms with Crippen molar-refractivity contribution in [2.24, 2.45) is 0 Å².